The summed E-state index contributed by atoms with van der Waals surface area (Å²) in [5.74, 6) is 0.909. The highest BCUT2D eigenvalue weighted by Crippen LogP contribution is 2.09. The van der Waals surface area contributed by atoms with Gasteiger partial charge in [0.2, 0.25) is 0 Å². The van der Waals surface area contributed by atoms with Gasteiger partial charge in [-0.2, -0.15) is 5.26 Å². The summed E-state index contributed by atoms with van der Waals surface area (Å²) in [5, 5.41) is 11.9. The maximum absolute atomic E-state index is 8.66. The number of nitriles is 1. The van der Waals surface area contributed by atoms with E-state index in [1.54, 1.807) is 0 Å². The minimum absolute atomic E-state index is 0.254. The van der Waals surface area contributed by atoms with Crippen LogP contribution in [0.5, 0.6) is 0 Å². The molecule has 0 saturated heterocycles. The summed E-state index contributed by atoms with van der Waals surface area (Å²) in [6.07, 6.45) is 0.545. The Morgan fingerprint density at radius 1 is 1.53 bits per heavy atom. The summed E-state index contributed by atoms with van der Waals surface area (Å²) in [4.78, 5) is 6.65. The number of hydrogen-bond acceptors (Lipinski definition) is 4. The second-order valence-corrected chi connectivity index (χ2v) is 4.17. The van der Waals surface area contributed by atoms with Crippen molar-refractivity contribution in [3.8, 4) is 6.07 Å². The first-order valence-electron chi connectivity index (χ1n) is 5.94. The van der Waals surface area contributed by atoms with Crippen LogP contribution in [0.2, 0.25) is 0 Å². The number of pyridine rings is 1. The summed E-state index contributed by atoms with van der Waals surface area (Å²) < 4.78 is 0. The van der Waals surface area contributed by atoms with E-state index in [9.17, 15) is 0 Å². The van der Waals surface area contributed by atoms with Crippen molar-refractivity contribution in [3.05, 3.63) is 23.9 Å². The third-order valence-electron chi connectivity index (χ3n) is 2.72. The first-order chi connectivity index (χ1) is 8.17. The molecule has 4 heteroatoms. The Kier molecular flexibility index (Phi) is 5.44. The van der Waals surface area contributed by atoms with Crippen LogP contribution >= 0.6 is 0 Å². The molecule has 0 aliphatic rings. The fourth-order valence-electron chi connectivity index (χ4n) is 1.55. The number of hydrogen-bond donors (Lipinski definition) is 1. The lowest BCUT2D eigenvalue weighted by atomic mass is 10.2. The van der Waals surface area contributed by atoms with E-state index in [0.29, 0.717) is 6.42 Å². The van der Waals surface area contributed by atoms with Gasteiger partial charge in [0, 0.05) is 19.1 Å². The second kappa shape index (κ2) is 6.87. The third kappa shape index (κ3) is 4.41. The molecule has 1 rings (SSSR count). The molecule has 0 aromatic carbocycles. The van der Waals surface area contributed by atoms with Gasteiger partial charge in [-0.25, -0.2) is 4.98 Å². The van der Waals surface area contributed by atoms with Crippen LogP contribution in [-0.4, -0.2) is 29.5 Å². The van der Waals surface area contributed by atoms with Gasteiger partial charge in [-0.05, 0) is 33.0 Å². The first-order valence-corrected chi connectivity index (χ1v) is 5.94. The Labute approximate surface area is 103 Å². The highest BCUT2D eigenvalue weighted by molar-refractivity contribution is 5.34. The van der Waals surface area contributed by atoms with Crippen molar-refractivity contribution in [2.45, 2.75) is 32.9 Å². The van der Waals surface area contributed by atoms with Gasteiger partial charge in [-0.3, -0.25) is 4.90 Å². The highest BCUT2D eigenvalue weighted by Gasteiger charge is 2.09. The van der Waals surface area contributed by atoms with Crippen molar-refractivity contribution < 1.29 is 0 Å². The molecular weight excluding hydrogens is 212 g/mol. The van der Waals surface area contributed by atoms with E-state index < -0.39 is 0 Å². The van der Waals surface area contributed by atoms with E-state index in [2.05, 4.69) is 35.1 Å². The van der Waals surface area contributed by atoms with Crippen LogP contribution in [0.3, 0.4) is 0 Å². The lowest BCUT2D eigenvalue weighted by molar-refractivity contribution is 0.249. The molecule has 0 saturated carbocycles. The van der Waals surface area contributed by atoms with Crippen LogP contribution in [0, 0.1) is 11.3 Å². The molecule has 1 N–H and O–H groups in total. The molecule has 1 atom stereocenters. The quantitative estimate of drug-likeness (QED) is 0.817. The maximum atomic E-state index is 8.66. The molecule has 0 aliphatic carbocycles. The van der Waals surface area contributed by atoms with Crippen LogP contribution in [-0.2, 0) is 6.54 Å². The lowest BCUT2D eigenvalue weighted by Gasteiger charge is -2.22. The Bertz CT molecular complexity index is 383. The van der Waals surface area contributed by atoms with E-state index in [-0.39, 0.29) is 6.04 Å². The molecule has 0 bridgehead atoms. The average molecular weight is 232 g/mol. The minimum Gasteiger partial charge on any atom is -0.370 e. The summed E-state index contributed by atoms with van der Waals surface area (Å²) in [6.45, 7) is 5.74. The molecule has 1 aromatic heterocycles. The predicted octanol–water partition coefficient (Wildman–Crippen LogP) is 2.25. The first kappa shape index (κ1) is 13.5. The van der Waals surface area contributed by atoms with Crippen molar-refractivity contribution in [2.24, 2.45) is 0 Å². The molecular formula is C13H20N4. The number of nitrogens with one attached hydrogen (secondary N) is 1. The van der Waals surface area contributed by atoms with E-state index >= 15 is 0 Å². The van der Waals surface area contributed by atoms with Gasteiger partial charge in [0.15, 0.2) is 0 Å². The number of anilines is 1. The van der Waals surface area contributed by atoms with Crippen LogP contribution in [0.4, 0.5) is 5.82 Å². The summed E-state index contributed by atoms with van der Waals surface area (Å²) in [7, 11) is 2.02. The molecule has 0 aliphatic heterocycles. The van der Waals surface area contributed by atoms with Gasteiger partial charge >= 0.3 is 0 Å². The van der Waals surface area contributed by atoms with E-state index in [4.69, 9.17) is 5.26 Å². The van der Waals surface area contributed by atoms with Gasteiger partial charge in [0.1, 0.15) is 5.82 Å². The number of rotatable bonds is 6. The molecule has 4 nitrogen and oxygen atoms in total. The predicted molar refractivity (Wildman–Crippen MR) is 69.6 cm³/mol. The van der Waals surface area contributed by atoms with E-state index in [0.717, 1.165) is 24.6 Å². The summed E-state index contributed by atoms with van der Waals surface area (Å²) in [5.41, 5.74) is 1.02. The van der Waals surface area contributed by atoms with Crippen LogP contribution in [0.1, 0.15) is 26.0 Å². The van der Waals surface area contributed by atoms with Crippen molar-refractivity contribution in [1.29, 1.82) is 5.26 Å². The molecule has 1 heterocycles. The standard InChI is InChI=1S/C13H20N4/c1-4-15-13-7-5-6-12(16-13)10-17(3)11(2)8-9-14/h5-7,11H,4,8,10H2,1-3H3,(H,15,16). The molecule has 0 amide bonds. The van der Waals surface area contributed by atoms with Crippen LogP contribution in [0.25, 0.3) is 0 Å². The van der Waals surface area contributed by atoms with Gasteiger partial charge in [-0.15, -0.1) is 0 Å². The smallest absolute Gasteiger partial charge is 0.126 e. The average Bonchev–Trinajstić information content (AvgIpc) is 2.30. The highest BCUT2D eigenvalue weighted by atomic mass is 15.1. The van der Waals surface area contributed by atoms with Gasteiger partial charge in [-0.1, -0.05) is 6.07 Å². The zero-order valence-corrected chi connectivity index (χ0v) is 10.8. The molecule has 0 spiro atoms. The van der Waals surface area contributed by atoms with Crippen LogP contribution in [0.15, 0.2) is 18.2 Å². The van der Waals surface area contributed by atoms with Crippen LogP contribution < -0.4 is 5.32 Å². The van der Waals surface area contributed by atoms with E-state index in [1.807, 2.05) is 25.2 Å². The maximum Gasteiger partial charge on any atom is 0.126 e. The Hall–Kier alpha value is -1.60. The Balaban J connectivity index is 2.61. The molecule has 1 unspecified atom stereocenters. The summed E-state index contributed by atoms with van der Waals surface area (Å²) in [6, 6.07) is 8.42. The number of nitrogens with zero attached hydrogens (tertiary/aromatic N) is 3. The monoisotopic (exact) mass is 232 g/mol. The molecule has 92 valence electrons. The van der Waals surface area contributed by atoms with Gasteiger partial charge in [0.05, 0.1) is 18.2 Å². The topological polar surface area (TPSA) is 52.0 Å². The lowest BCUT2D eigenvalue weighted by Crippen LogP contribution is -2.28. The van der Waals surface area contributed by atoms with Gasteiger partial charge in [0.25, 0.3) is 0 Å². The Morgan fingerprint density at radius 3 is 2.94 bits per heavy atom. The summed E-state index contributed by atoms with van der Waals surface area (Å²) >= 11 is 0. The minimum atomic E-state index is 0.254. The SMILES string of the molecule is CCNc1cccc(CN(C)C(C)CC#N)n1. The zero-order valence-electron chi connectivity index (χ0n) is 10.8. The Morgan fingerprint density at radius 2 is 2.29 bits per heavy atom. The normalized spacial score (nSPS) is 12.2. The van der Waals surface area contributed by atoms with Crippen molar-refractivity contribution in [3.63, 3.8) is 0 Å². The van der Waals surface area contributed by atoms with Crippen molar-refractivity contribution in [1.82, 2.24) is 9.88 Å². The second-order valence-electron chi connectivity index (χ2n) is 4.17. The third-order valence-corrected chi connectivity index (χ3v) is 2.72. The van der Waals surface area contributed by atoms with Crippen molar-refractivity contribution >= 4 is 5.82 Å². The van der Waals surface area contributed by atoms with E-state index in [1.165, 1.54) is 0 Å². The fourth-order valence-corrected chi connectivity index (χ4v) is 1.55. The molecule has 0 fully saturated rings. The van der Waals surface area contributed by atoms with Gasteiger partial charge < -0.3 is 5.32 Å². The number of aromatic nitrogens is 1. The fraction of sp³-hybridized carbons (Fsp3) is 0.538. The van der Waals surface area contributed by atoms with Crippen molar-refractivity contribution in [2.75, 3.05) is 18.9 Å². The zero-order chi connectivity index (χ0) is 12.7. The molecule has 0 radical (unpaired) electrons. The molecule has 1 aromatic rings. The molecule has 17 heavy (non-hydrogen) atoms. The largest absolute Gasteiger partial charge is 0.370 e.